The van der Waals surface area contributed by atoms with E-state index in [4.69, 9.17) is 0 Å². The quantitative estimate of drug-likeness (QED) is 0.878. The molecule has 0 spiro atoms. The van der Waals surface area contributed by atoms with E-state index in [1.54, 1.807) is 0 Å². The molecule has 1 saturated heterocycles. The first-order valence-corrected chi connectivity index (χ1v) is 7.30. The Kier molecular flexibility index (Phi) is 5.50. The topological polar surface area (TPSA) is 44.4 Å². The van der Waals surface area contributed by atoms with Crippen molar-refractivity contribution in [2.75, 3.05) is 31.5 Å². The fourth-order valence-corrected chi connectivity index (χ4v) is 2.59. The highest BCUT2D eigenvalue weighted by atomic mass is 19.1. The lowest BCUT2D eigenvalue weighted by Crippen LogP contribution is -2.34. The summed E-state index contributed by atoms with van der Waals surface area (Å²) in [4.78, 5) is 14.1. The van der Waals surface area contributed by atoms with E-state index in [0.717, 1.165) is 44.6 Å². The molecule has 6 heteroatoms. The number of carbonyl (C=O) groups excluding carboxylic acids is 1. The van der Waals surface area contributed by atoms with Crippen molar-refractivity contribution in [3.63, 3.8) is 0 Å². The second-order valence-electron chi connectivity index (χ2n) is 5.41. The van der Waals surface area contributed by atoms with E-state index >= 15 is 0 Å². The van der Waals surface area contributed by atoms with Crippen LogP contribution in [0.4, 0.5) is 19.3 Å². The Labute approximate surface area is 123 Å². The molecule has 21 heavy (non-hydrogen) atoms. The number of amides is 2. The van der Waals surface area contributed by atoms with Gasteiger partial charge in [0.1, 0.15) is 11.6 Å². The Balaban J connectivity index is 1.75. The molecule has 1 aromatic carbocycles. The van der Waals surface area contributed by atoms with E-state index in [0.29, 0.717) is 12.5 Å². The van der Waals surface area contributed by atoms with Gasteiger partial charge in [-0.05, 0) is 44.0 Å². The van der Waals surface area contributed by atoms with Crippen molar-refractivity contribution in [1.82, 2.24) is 10.2 Å². The lowest BCUT2D eigenvalue weighted by Gasteiger charge is -2.15. The zero-order valence-electron chi connectivity index (χ0n) is 12.2. The molecule has 0 aliphatic carbocycles. The number of anilines is 1. The lowest BCUT2D eigenvalue weighted by molar-refractivity contribution is 0.249. The number of hydrogen-bond acceptors (Lipinski definition) is 2. The average molecular weight is 297 g/mol. The van der Waals surface area contributed by atoms with Crippen LogP contribution < -0.4 is 10.6 Å². The lowest BCUT2D eigenvalue weighted by atomic mass is 10.1. The Hall–Kier alpha value is -1.69. The summed E-state index contributed by atoms with van der Waals surface area (Å²) in [7, 11) is 0. The summed E-state index contributed by atoms with van der Waals surface area (Å²) in [5.41, 5.74) is -0.0204. The molecule has 1 aromatic rings. The summed E-state index contributed by atoms with van der Waals surface area (Å²) in [5, 5.41) is 5.13. The summed E-state index contributed by atoms with van der Waals surface area (Å²) in [5.74, 6) is -1.01. The highest BCUT2D eigenvalue weighted by Gasteiger charge is 2.22. The predicted molar refractivity (Wildman–Crippen MR) is 78.2 cm³/mol. The van der Waals surface area contributed by atoms with Gasteiger partial charge in [0.25, 0.3) is 0 Å². The van der Waals surface area contributed by atoms with Gasteiger partial charge in [-0.2, -0.15) is 0 Å². The summed E-state index contributed by atoms with van der Waals surface area (Å²) < 4.78 is 26.2. The second kappa shape index (κ2) is 7.36. The molecule has 1 atom stereocenters. The summed E-state index contributed by atoms with van der Waals surface area (Å²) in [6, 6.07) is 2.60. The number of urea groups is 1. The fourth-order valence-electron chi connectivity index (χ4n) is 2.59. The molecular formula is C15H21F2N3O. The van der Waals surface area contributed by atoms with E-state index < -0.39 is 17.7 Å². The van der Waals surface area contributed by atoms with Crippen LogP contribution in [-0.4, -0.2) is 37.1 Å². The maximum Gasteiger partial charge on any atom is 0.319 e. The highest BCUT2D eigenvalue weighted by molar-refractivity contribution is 5.89. The van der Waals surface area contributed by atoms with Gasteiger partial charge in [-0.3, -0.25) is 0 Å². The minimum absolute atomic E-state index is 0.0204. The second-order valence-corrected chi connectivity index (χ2v) is 5.41. The molecule has 1 aliphatic rings. The molecule has 2 amide bonds. The molecule has 1 fully saturated rings. The van der Waals surface area contributed by atoms with Gasteiger partial charge in [0.2, 0.25) is 0 Å². The van der Waals surface area contributed by atoms with Crippen molar-refractivity contribution in [1.29, 1.82) is 0 Å². The fraction of sp³-hybridized carbons (Fsp3) is 0.533. The zero-order chi connectivity index (χ0) is 15.2. The van der Waals surface area contributed by atoms with Crippen LogP contribution in [0.2, 0.25) is 0 Å². The third-order valence-electron chi connectivity index (χ3n) is 3.64. The standard InChI is InChI=1S/C15H21F2N3O/c1-2-6-20-7-5-11(10-20)9-18-15(21)19-14-4-3-12(16)8-13(14)17/h3-4,8,11H,2,5-7,9-10H2,1H3,(H2,18,19,21)/t11-/m1/s1. The van der Waals surface area contributed by atoms with Crippen LogP contribution in [0.5, 0.6) is 0 Å². The van der Waals surface area contributed by atoms with Gasteiger partial charge >= 0.3 is 6.03 Å². The van der Waals surface area contributed by atoms with Crippen molar-refractivity contribution in [2.24, 2.45) is 5.92 Å². The van der Waals surface area contributed by atoms with Crippen molar-refractivity contribution >= 4 is 11.7 Å². The van der Waals surface area contributed by atoms with Gasteiger partial charge in [0.15, 0.2) is 0 Å². The van der Waals surface area contributed by atoms with E-state index in [1.807, 2.05) is 0 Å². The van der Waals surface area contributed by atoms with E-state index in [-0.39, 0.29) is 5.69 Å². The smallest absolute Gasteiger partial charge is 0.319 e. The normalized spacial score (nSPS) is 18.7. The van der Waals surface area contributed by atoms with E-state index in [1.165, 1.54) is 6.07 Å². The van der Waals surface area contributed by atoms with Gasteiger partial charge < -0.3 is 15.5 Å². The summed E-state index contributed by atoms with van der Waals surface area (Å²) in [6.45, 7) is 5.85. The van der Waals surface area contributed by atoms with Crippen molar-refractivity contribution in [2.45, 2.75) is 19.8 Å². The number of carbonyl (C=O) groups is 1. The Morgan fingerprint density at radius 3 is 2.95 bits per heavy atom. The summed E-state index contributed by atoms with van der Waals surface area (Å²) in [6.07, 6.45) is 2.19. The van der Waals surface area contributed by atoms with E-state index in [2.05, 4.69) is 22.5 Å². The third kappa shape index (κ3) is 4.67. The molecule has 1 heterocycles. The van der Waals surface area contributed by atoms with Crippen LogP contribution in [0.25, 0.3) is 0 Å². The minimum Gasteiger partial charge on any atom is -0.338 e. The van der Waals surface area contributed by atoms with E-state index in [9.17, 15) is 13.6 Å². The Morgan fingerprint density at radius 2 is 2.24 bits per heavy atom. The number of benzene rings is 1. The number of nitrogens with zero attached hydrogens (tertiary/aromatic N) is 1. The molecular weight excluding hydrogens is 276 g/mol. The van der Waals surface area contributed by atoms with Crippen LogP contribution in [0.3, 0.4) is 0 Å². The first-order valence-electron chi connectivity index (χ1n) is 7.30. The van der Waals surface area contributed by atoms with Crippen LogP contribution in [0, 0.1) is 17.6 Å². The van der Waals surface area contributed by atoms with Crippen LogP contribution in [0.1, 0.15) is 19.8 Å². The van der Waals surface area contributed by atoms with Crippen molar-refractivity contribution in [3.05, 3.63) is 29.8 Å². The zero-order valence-corrected chi connectivity index (χ0v) is 12.2. The number of nitrogens with one attached hydrogen (secondary N) is 2. The third-order valence-corrected chi connectivity index (χ3v) is 3.64. The van der Waals surface area contributed by atoms with Gasteiger partial charge in [0.05, 0.1) is 5.69 Å². The van der Waals surface area contributed by atoms with Crippen LogP contribution >= 0.6 is 0 Å². The maximum absolute atomic E-state index is 13.4. The first-order chi connectivity index (χ1) is 10.1. The number of rotatable bonds is 5. The van der Waals surface area contributed by atoms with Crippen molar-refractivity contribution < 1.29 is 13.6 Å². The molecule has 0 unspecified atom stereocenters. The molecule has 0 radical (unpaired) electrons. The molecule has 0 saturated carbocycles. The average Bonchev–Trinajstić information content (AvgIpc) is 2.88. The first kappa shape index (κ1) is 15.7. The van der Waals surface area contributed by atoms with Gasteiger partial charge in [-0.1, -0.05) is 6.92 Å². The largest absolute Gasteiger partial charge is 0.338 e. The van der Waals surface area contributed by atoms with Gasteiger partial charge in [-0.25, -0.2) is 13.6 Å². The van der Waals surface area contributed by atoms with Gasteiger partial charge in [-0.15, -0.1) is 0 Å². The molecule has 116 valence electrons. The number of halogens is 2. The number of likely N-dealkylation sites (tertiary alicyclic amines) is 1. The Bertz CT molecular complexity index is 496. The SMILES string of the molecule is CCCN1CC[C@H](CNC(=O)Nc2ccc(F)cc2F)C1. The van der Waals surface area contributed by atoms with Crippen LogP contribution in [-0.2, 0) is 0 Å². The van der Waals surface area contributed by atoms with Gasteiger partial charge in [0, 0.05) is 19.2 Å². The highest BCUT2D eigenvalue weighted by Crippen LogP contribution is 2.16. The molecule has 1 aliphatic heterocycles. The predicted octanol–water partition coefficient (Wildman–Crippen LogP) is 2.82. The van der Waals surface area contributed by atoms with Crippen molar-refractivity contribution in [3.8, 4) is 0 Å². The maximum atomic E-state index is 13.4. The Morgan fingerprint density at radius 1 is 1.43 bits per heavy atom. The monoisotopic (exact) mass is 297 g/mol. The van der Waals surface area contributed by atoms with Crippen LogP contribution in [0.15, 0.2) is 18.2 Å². The molecule has 0 bridgehead atoms. The number of hydrogen-bond donors (Lipinski definition) is 2. The summed E-state index contributed by atoms with van der Waals surface area (Å²) >= 11 is 0. The molecule has 2 N–H and O–H groups in total. The minimum atomic E-state index is -0.778. The molecule has 2 rings (SSSR count). The molecule has 4 nitrogen and oxygen atoms in total. The molecule has 0 aromatic heterocycles.